The number of aromatic nitrogens is 2. The van der Waals surface area contributed by atoms with E-state index >= 15 is 0 Å². The van der Waals surface area contributed by atoms with Gasteiger partial charge in [-0.1, -0.05) is 19.9 Å². The molecule has 0 saturated heterocycles. The lowest BCUT2D eigenvalue weighted by Gasteiger charge is -2.00. The van der Waals surface area contributed by atoms with Gasteiger partial charge in [-0.15, -0.1) is 0 Å². The molecule has 0 saturated carbocycles. The summed E-state index contributed by atoms with van der Waals surface area (Å²) < 4.78 is 9.19. The minimum absolute atomic E-state index is 0.481. The van der Waals surface area contributed by atoms with Gasteiger partial charge in [0.15, 0.2) is 0 Å². The molecular weight excluding hydrogens is 148 g/mol. The number of hydrogen-bond acceptors (Lipinski definition) is 1. The topological polar surface area (TPSA) is 17.3 Å². The number of fused-ring (bicyclic) bond motifs is 1. The molecule has 0 aromatic carbocycles. The van der Waals surface area contributed by atoms with Gasteiger partial charge in [0.05, 0.1) is 13.1 Å². The minimum atomic E-state index is 0.481. The molecule has 0 aliphatic heterocycles. The first-order valence-electron chi connectivity index (χ1n) is 4.62. The highest BCUT2D eigenvalue weighted by Gasteiger charge is 2.05. The maximum Gasteiger partial charge on any atom is 0.0696 e. The van der Waals surface area contributed by atoms with E-state index < -0.39 is 0 Å². The van der Waals surface area contributed by atoms with Gasteiger partial charge in [-0.3, -0.25) is 0 Å². The van der Waals surface area contributed by atoms with Crippen LogP contribution in [0.4, 0.5) is 0 Å². The molecule has 0 amide bonds. The lowest BCUT2D eigenvalue weighted by atomic mass is 10.1. The zero-order valence-electron chi connectivity index (χ0n) is 8.28. The SMILES string of the molecule is [3H]c1ccc2c(C(C)C)cnn2c1. The molecule has 62 valence electrons. The summed E-state index contributed by atoms with van der Waals surface area (Å²) in [6.45, 7) is 4.29. The molecule has 0 spiro atoms. The number of pyridine rings is 1. The predicted molar refractivity (Wildman–Crippen MR) is 49.3 cm³/mol. The lowest BCUT2D eigenvalue weighted by Crippen LogP contribution is -1.87. The van der Waals surface area contributed by atoms with Crippen LogP contribution in [-0.2, 0) is 0 Å². The summed E-state index contributed by atoms with van der Waals surface area (Å²) in [5, 5.41) is 4.20. The Hall–Kier alpha value is -1.31. The third-order valence-electron chi connectivity index (χ3n) is 2.02. The van der Waals surface area contributed by atoms with Crippen LogP contribution >= 0.6 is 0 Å². The van der Waals surface area contributed by atoms with Gasteiger partial charge in [0.1, 0.15) is 0 Å². The Morgan fingerprint density at radius 1 is 1.58 bits per heavy atom. The molecule has 0 radical (unpaired) electrons. The summed E-state index contributed by atoms with van der Waals surface area (Å²) in [5.41, 5.74) is 2.34. The van der Waals surface area contributed by atoms with Gasteiger partial charge in [0, 0.05) is 11.8 Å². The van der Waals surface area contributed by atoms with Crippen LogP contribution in [0.1, 0.15) is 26.7 Å². The fourth-order valence-electron chi connectivity index (χ4n) is 1.35. The van der Waals surface area contributed by atoms with Gasteiger partial charge >= 0.3 is 0 Å². The Labute approximate surface area is 73.2 Å². The van der Waals surface area contributed by atoms with Gasteiger partial charge in [0.25, 0.3) is 0 Å². The molecule has 0 unspecified atom stereocenters. The first-order valence-corrected chi connectivity index (χ1v) is 4.12. The van der Waals surface area contributed by atoms with Crippen LogP contribution in [-0.4, -0.2) is 9.61 Å². The Balaban J connectivity index is 2.69. The van der Waals surface area contributed by atoms with Crippen LogP contribution in [0.25, 0.3) is 5.52 Å². The molecule has 12 heavy (non-hydrogen) atoms. The first-order chi connectivity index (χ1) is 6.18. The molecule has 0 bridgehead atoms. The van der Waals surface area contributed by atoms with E-state index in [9.17, 15) is 0 Å². The average molecular weight is 162 g/mol. The normalized spacial score (nSPS) is 12.4. The highest BCUT2D eigenvalue weighted by atomic mass is 15.2. The maximum atomic E-state index is 7.43. The van der Waals surface area contributed by atoms with E-state index in [4.69, 9.17) is 1.37 Å². The molecule has 2 aromatic rings. The first kappa shape index (κ1) is 6.23. The van der Waals surface area contributed by atoms with Crippen molar-refractivity contribution in [3.8, 4) is 0 Å². The number of hydrogen-bond donors (Lipinski definition) is 0. The predicted octanol–water partition coefficient (Wildman–Crippen LogP) is 2.46. The molecule has 2 heteroatoms. The van der Waals surface area contributed by atoms with Crippen molar-refractivity contribution in [2.75, 3.05) is 0 Å². The smallest absolute Gasteiger partial charge is 0.0696 e. The molecule has 2 heterocycles. The summed E-state index contributed by atoms with van der Waals surface area (Å²) in [6, 6.07) is 4.24. The van der Waals surface area contributed by atoms with E-state index in [2.05, 4.69) is 18.9 Å². The van der Waals surface area contributed by atoms with Gasteiger partial charge < -0.3 is 0 Å². The zero-order valence-corrected chi connectivity index (χ0v) is 7.28. The van der Waals surface area contributed by atoms with Crippen LogP contribution in [0.2, 0.25) is 0 Å². The molecule has 0 aliphatic rings. The summed E-state index contributed by atoms with van der Waals surface area (Å²) >= 11 is 0. The monoisotopic (exact) mass is 162 g/mol. The fourth-order valence-corrected chi connectivity index (χ4v) is 1.35. The molecule has 2 aromatic heterocycles. The van der Waals surface area contributed by atoms with Crippen molar-refractivity contribution < 1.29 is 1.37 Å². The van der Waals surface area contributed by atoms with Crippen molar-refractivity contribution in [3.63, 3.8) is 0 Å². The Kier molecular flexibility index (Phi) is 1.36. The molecule has 0 N–H and O–H groups in total. The van der Waals surface area contributed by atoms with Gasteiger partial charge in [-0.25, -0.2) is 4.52 Å². The van der Waals surface area contributed by atoms with Crippen molar-refractivity contribution >= 4 is 5.52 Å². The third-order valence-corrected chi connectivity index (χ3v) is 2.02. The third kappa shape index (κ3) is 0.998. The van der Waals surface area contributed by atoms with Crippen molar-refractivity contribution in [1.82, 2.24) is 9.61 Å². The highest BCUT2D eigenvalue weighted by Crippen LogP contribution is 2.19. The Morgan fingerprint density at radius 2 is 2.42 bits per heavy atom. The second-order valence-electron chi connectivity index (χ2n) is 3.21. The fraction of sp³-hybridized carbons (Fsp3) is 0.300. The average Bonchev–Trinajstić information content (AvgIpc) is 2.46. The van der Waals surface area contributed by atoms with Crippen LogP contribution in [0.3, 0.4) is 0 Å². The van der Waals surface area contributed by atoms with E-state index in [-0.39, 0.29) is 0 Å². The lowest BCUT2D eigenvalue weighted by molar-refractivity contribution is 0.875. The minimum Gasteiger partial charge on any atom is -0.241 e. The van der Waals surface area contributed by atoms with Crippen molar-refractivity contribution in [2.45, 2.75) is 19.8 Å². The van der Waals surface area contributed by atoms with E-state index in [1.54, 1.807) is 16.8 Å². The standard InChI is InChI=1S/C10H12N2/c1-8(2)9-7-11-12-6-4-3-5-10(9)12/h3-8H,1-2H3/i4T. The zero-order chi connectivity index (χ0) is 9.42. The quantitative estimate of drug-likeness (QED) is 0.629. The van der Waals surface area contributed by atoms with E-state index in [1.807, 2.05) is 12.3 Å². The second-order valence-corrected chi connectivity index (χ2v) is 3.21. The van der Waals surface area contributed by atoms with E-state index in [0.29, 0.717) is 12.0 Å². The number of rotatable bonds is 1. The molecule has 0 atom stereocenters. The van der Waals surface area contributed by atoms with E-state index in [1.165, 1.54) is 5.56 Å². The van der Waals surface area contributed by atoms with Crippen molar-refractivity contribution in [1.29, 1.82) is 0 Å². The van der Waals surface area contributed by atoms with Gasteiger partial charge in [0.2, 0.25) is 0 Å². The molecular formula is C10H12N2. The Bertz CT molecular complexity index is 431. The summed E-state index contributed by atoms with van der Waals surface area (Å²) in [5.74, 6) is 0.481. The highest BCUT2D eigenvalue weighted by molar-refractivity contribution is 5.54. The molecule has 2 rings (SSSR count). The molecule has 0 fully saturated rings. The van der Waals surface area contributed by atoms with Crippen LogP contribution < -0.4 is 0 Å². The van der Waals surface area contributed by atoms with Gasteiger partial charge in [-0.2, -0.15) is 5.10 Å². The summed E-state index contributed by atoms with van der Waals surface area (Å²) in [7, 11) is 0. The second kappa shape index (κ2) is 2.63. The molecule has 0 aliphatic carbocycles. The van der Waals surface area contributed by atoms with Crippen LogP contribution in [0.15, 0.2) is 30.6 Å². The summed E-state index contributed by atoms with van der Waals surface area (Å²) in [6.07, 6.45) is 3.60. The summed E-state index contributed by atoms with van der Waals surface area (Å²) in [4.78, 5) is 0. The van der Waals surface area contributed by atoms with E-state index in [0.717, 1.165) is 5.52 Å². The van der Waals surface area contributed by atoms with Crippen molar-refractivity contribution in [2.24, 2.45) is 0 Å². The van der Waals surface area contributed by atoms with Crippen LogP contribution in [0, 0.1) is 0 Å². The molecule has 2 nitrogen and oxygen atoms in total. The number of nitrogens with zero attached hydrogens (tertiary/aromatic N) is 2. The van der Waals surface area contributed by atoms with Crippen LogP contribution in [0.5, 0.6) is 0 Å². The largest absolute Gasteiger partial charge is 0.241 e. The van der Waals surface area contributed by atoms with Crippen molar-refractivity contribution in [3.05, 3.63) is 36.1 Å². The van der Waals surface area contributed by atoms with Gasteiger partial charge in [-0.05, 0) is 18.0 Å². The Morgan fingerprint density at radius 3 is 3.17 bits per heavy atom. The maximum absolute atomic E-state index is 7.43.